The first-order valence-electron chi connectivity index (χ1n) is 5.74. The highest BCUT2D eigenvalue weighted by molar-refractivity contribution is 7.99. The number of benzene rings is 2. The van der Waals surface area contributed by atoms with E-state index < -0.39 is 0 Å². The molecule has 2 aromatic rings. The Hall–Kier alpha value is -1.19. The minimum Gasteiger partial charge on any atom is -0.507 e. The minimum atomic E-state index is -0.271. The average Bonchev–Trinajstić information content (AvgIpc) is 2.38. The molecule has 2 rings (SSSR count). The van der Waals surface area contributed by atoms with E-state index in [1.807, 2.05) is 37.3 Å². The second-order valence-electron chi connectivity index (χ2n) is 4.00. The molecule has 2 nitrogen and oxygen atoms in total. The Balaban J connectivity index is 2.32. The Morgan fingerprint density at radius 3 is 2.53 bits per heavy atom. The van der Waals surface area contributed by atoms with E-state index in [1.54, 1.807) is 17.8 Å². The lowest BCUT2D eigenvalue weighted by Crippen LogP contribution is -2.07. The van der Waals surface area contributed by atoms with Crippen molar-refractivity contribution in [3.63, 3.8) is 0 Å². The van der Waals surface area contributed by atoms with Crippen molar-refractivity contribution in [2.45, 2.75) is 24.3 Å². The summed E-state index contributed by atoms with van der Waals surface area (Å²) in [5.41, 5.74) is 0. The minimum absolute atomic E-state index is 0.271. The first-order valence-corrected chi connectivity index (χ1v) is 6.72. The van der Waals surface area contributed by atoms with Crippen LogP contribution in [0.3, 0.4) is 0 Å². The van der Waals surface area contributed by atoms with Crippen LogP contribution in [0.2, 0.25) is 0 Å². The predicted octanol–water partition coefficient (Wildman–Crippen LogP) is 3.41. The summed E-state index contributed by atoms with van der Waals surface area (Å²) in [6.45, 7) is 1.97. The van der Waals surface area contributed by atoms with Gasteiger partial charge in [0.1, 0.15) is 5.75 Å². The normalized spacial score (nSPS) is 12.8. The molecule has 0 aliphatic carbocycles. The van der Waals surface area contributed by atoms with Crippen molar-refractivity contribution in [3.05, 3.63) is 36.4 Å². The second kappa shape index (κ2) is 5.43. The third-order valence-corrected chi connectivity index (χ3v) is 3.98. The molecule has 0 saturated heterocycles. The number of aliphatic hydroxyl groups is 1. The maximum Gasteiger partial charge on any atom is 0.123 e. The number of aromatic hydroxyl groups is 1. The van der Waals surface area contributed by atoms with Crippen LogP contribution >= 0.6 is 11.8 Å². The fourth-order valence-electron chi connectivity index (χ4n) is 1.69. The van der Waals surface area contributed by atoms with Crippen molar-refractivity contribution in [1.29, 1.82) is 0 Å². The first-order chi connectivity index (χ1) is 8.22. The summed E-state index contributed by atoms with van der Waals surface area (Å²) in [6.07, 6.45) is 0.496. The standard InChI is InChI=1S/C14H16O2S/c1-2-10(15)9-17-14-8-7-13(16)11-5-3-4-6-12(11)14/h3-8,10,15-16H,2,9H2,1H3. The zero-order valence-corrected chi connectivity index (χ0v) is 10.6. The molecule has 2 N–H and O–H groups in total. The van der Waals surface area contributed by atoms with Gasteiger partial charge in [-0.2, -0.15) is 0 Å². The molecule has 0 bridgehead atoms. The van der Waals surface area contributed by atoms with Gasteiger partial charge in [0, 0.05) is 16.0 Å². The Kier molecular flexibility index (Phi) is 3.92. The third-order valence-electron chi connectivity index (χ3n) is 2.76. The number of hydrogen-bond acceptors (Lipinski definition) is 3. The Morgan fingerprint density at radius 1 is 1.12 bits per heavy atom. The van der Waals surface area contributed by atoms with Gasteiger partial charge in [0.25, 0.3) is 0 Å². The zero-order valence-electron chi connectivity index (χ0n) is 9.76. The number of phenolic OH excluding ortho intramolecular Hbond substituents is 1. The van der Waals surface area contributed by atoms with Gasteiger partial charge in [0.05, 0.1) is 6.10 Å². The van der Waals surface area contributed by atoms with Gasteiger partial charge in [0.2, 0.25) is 0 Å². The highest BCUT2D eigenvalue weighted by atomic mass is 32.2. The topological polar surface area (TPSA) is 40.5 Å². The van der Waals surface area contributed by atoms with Gasteiger partial charge < -0.3 is 10.2 Å². The Morgan fingerprint density at radius 2 is 1.82 bits per heavy atom. The maximum absolute atomic E-state index is 9.76. The third kappa shape index (κ3) is 2.73. The highest BCUT2D eigenvalue weighted by Crippen LogP contribution is 2.33. The summed E-state index contributed by atoms with van der Waals surface area (Å²) in [4.78, 5) is 1.10. The van der Waals surface area contributed by atoms with Crippen LogP contribution in [-0.4, -0.2) is 22.1 Å². The van der Waals surface area contributed by atoms with E-state index in [2.05, 4.69) is 0 Å². The highest BCUT2D eigenvalue weighted by Gasteiger charge is 2.07. The second-order valence-corrected chi connectivity index (χ2v) is 5.06. The van der Waals surface area contributed by atoms with E-state index in [0.717, 1.165) is 22.1 Å². The Labute approximate surface area is 105 Å². The van der Waals surface area contributed by atoms with E-state index >= 15 is 0 Å². The molecule has 0 aliphatic heterocycles. The smallest absolute Gasteiger partial charge is 0.123 e. The molecule has 1 unspecified atom stereocenters. The maximum atomic E-state index is 9.76. The van der Waals surface area contributed by atoms with Crippen LogP contribution in [0.15, 0.2) is 41.3 Å². The number of aliphatic hydroxyl groups excluding tert-OH is 1. The van der Waals surface area contributed by atoms with E-state index in [1.165, 1.54) is 0 Å². The monoisotopic (exact) mass is 248 g/mol. The van der Waals surface area contributed by atoms with Crippen molar-refractivity contribution < 1.29 is 10.2 Å². The van der Waals surface area contributed by atoms with Crippen molar-refractivity contribution >= 4 is 22.5 Å². The molecule has 0 saturated carbocycles. The molecule has 0 fully saturated rings. The molecular weight excluding hydrogens is 232 g/mol. The molecule has 90 valence electrons. The van der Waals surface area contributed by atoms with Gasteiger partial charge in [-0.15, -0.1) is 11.8 Å². The number of thioether (sulfide) groups is 1. The number of phenols is 1. The fraction of sp³-hybridized carbons (Fsp3) is 0.286. The molecule has 0 radical (unpaired) electrons. The summed E-state index contributed by atoms with van der Waals surface area (Å²) >= 11 is 1.63. The van der Waals surface area contributed by atoms with Crippen molar-refractivity contribution in [1.82, 2.24) is 0 Å². The molecule has 3 heteroatoms. The lowest BCUT2D eigenvalue weighted by atomic mass is 10.1. The van der Waals surface area contributed by atoms with Crippen LogP contribution < -0.4 is 0 Å². The first kappa shape index (κ1) is 12.3. The summed E-state index contributed by atoms with van der Waals surface area (Å²) in [6, 6.07) is 11.4. The van der Waals surface area contributed by atoms with Crippen LogP contribution in [0.25, 0.3) is 10.8 Å². The lowest BCUT2D eigenvalue weighted by molar-refractivity contribution is 0.195. The van der Waals surface area contributed by atoms with Crippen LogP contribution in [0.1, 0.15) is 13.3 Å². The molecule has 17 heavy (non-hydrogen) atoms. The van der Waals surface area contributed by atoms with Crippen LogP contribution in [0.4, 0.5) is 0 Å². The van der Waals surface area contributed by atoms with Crippen molar-refractivity contribution in [3.8, 4) is 5.75 Å². The van der Waals surface area contributed by atoms with E-state index in [-0.39, 0.29) is 6.10 Å². The fourth-order valence-corrected chi connectivity index (χ4v) is 2.79. The van der Waals surface area contributed by atoms with E-state index in [4.69, 9.17) is 0 Å². The van der Waals surface area contributed by atoms with Crippen LogP contribution in [0, 0.1) is 0 Å². The van der Waals surface area contributed by atoms with E-state index in [9.17, 15) is 10.2 Å². The van der Waals surface area contributed by atoms with Crippen molar-refractivity contribution in [2.75, 3.05) is 5.75 Å². The molecule has 0 aromatic heterocycles. The molecule has 0 aliphatic rings. The van der Waals surface area contributed by atoms with Crippen LogP contribution in [0.5, 0.6) is 5.75 Å². The van der Waals surface area contributed by atoms with Gasteiger partial charge >= 0.3 is 0 Å². The summed E-state index contributed by atoms with van der Waals surface area (Å²) in [5, 5.41) is 21.2. The summed E-state index contributed by atoms with van der Waals surface area (Å²) < 4.78 is 0. The lowest BCUT2D eigenvalue weighted by Gasteiger charge is -2.10. The number of fused-ring (bicyclic) bond motifs is 1. The predicted molar refractivity (Wildman–Crippen MR) is 72.6 cm³/mol. The van der Waals surface area contributed by atoms with Gasteiger partial charge in [-0.05, 0) is 23.9 Å². The number of rotatable bonds is 4. The van der Waals surface area contributed by atoms with Gasteiger partial charge in [-0.25, -0.2) is 0 Å². The van der Waals surface area contributed by atoms with Crippen molar-refractivity contribution in [2.24, 2.45) is 0 Å². The Bertz CT molecular complexity index is 511. The molecule has 0 heterocycles. The largest absolute Gasteiger partial charge is 0.507 e. The van der Waals surface area contributed by atoms with E-state index in [0.29, 0.717) is 11.5 Å². The molecule has 2 aromatic carbocycles. The van der Waals surface area contributed by atoms with Crippen LogP contribution in [-0.2, 0) is 0 Å². The average molecular weight is 248 g/mol. The molecule has 0 spiro atoms. The summed E-state index contributed by atoms with van der Waals surface area (Å²) in [5.74, 6) is 0.992. The molecule has 0 amide bonds. The summed E-state index contributed by atoms with van der Waals surface area (Å²) in [7, 11) is 0. The molecular formula is C14H16O2S. The van der Waals surface area contributed by atoms with Gasteiger partial charge in [-0.3, -0.25) is 0 Å². The molecule has 1 atom stereocenters. The zero-order chi connectivity index (χ0) is 12.3. The SMILES string of the molecule is CCC(O)CSc1ccc(O)c2ccccc12. The van der Waals surface area contributed by atoms with Gasteiger partial charge in [-0.1, -0.05) is 31.2 Å². The quantitative estimate of drug-likeness (QED) is 0.815. The van der Waals surface area contributed by atoms with Gasteiger partial charge in [0.15, 0.2) is 0 Å². The number of hydrogen-bond donors (Lipinski definition) is 2.